The summed E-state index contributed by atoms with van der Waals surface area (Å²) in [7, 11) is 0. The van der Waals surface area contributed by atoms with E-state index in [-0.39, 0.29) is 12.5 Å². The second kappa shape index (κ2) is 7.63. The molecule has 0 aliphatic heterocycles. The first kappa shape index (κ1) is 16.0. The maximum atomic E-state index is 10.5. The first-order valence-corrected chi connectivity index (χ1v) is 7.49. The molecular formula is C18H17N3O3. The Hall–Kier alpha value is -2.83. The van der Waals surface area contributed by atoms with Gasteiger partial charge in [0.1, 0.15) is 19.0 Å². The Morgan fingerprint density at radius 3 is 2.58 bits per heavy atom. The van der Waals surface area contributed by atoms with Gasteiger partial charge < -0.3 is 14.9 Å². The van der Waals surface area contributed by atoms with Gasteiger partial charge >= 0.3 is 0 Å². The van der Waals surface area contributed by atoms with E-state index in [1.807, 2.05) is 30.3 Å². The molecule has 1 unspecified atom stereocenters. The molecule has 1 atom stereocenters. The molecule has 0 fully saturated rings. The maximum Gasteiger partial charge on any atom is 0.222 e. The lowest BCUT2D eigenvalue weighted by Gasteiger charge is -2.16. The van der Waals surface area contributed by atoms with Gasteiger partial charge in [0.25, 0.3) is 0 Å². The molecule has 2 N–H and O–H groups in total. The van der Waals surface area contributed by atoms with Crippen LogP contribution in [-0.4, -0.2) is 25.2 Å². The Bertz CT molecular complexity index is 782. The second-order valence-electron chi connectivity index (χ2n) is 5.16. The van der Waals surface area contributed by atoms with Gasteiger partial charge in [-0.15, -0.1) is 0 Å². The lowest BCUT2D eigenvalue weighted by molar-refractivity contribution is 0.201. The zero-order valence-corrected chi connectivity index (χ0v) is 12.9. The van der Waals surface area contributed by atoms with Crippen molar-refractivity contribution in [2.75, 3.05) is 0 Å². The van der Waals surface area contributed by atoms with Gasteiger partial charge in [-0.25, -0.2) is 9.97 Å². The number of hydrogen-bond acceptors (Lipinski definition) is 6. The molecule has 0 amide bonds. The second-order valence-corrected chi connectivity index (χ2v) is 5.16. The van der Waals surface area contributed by atoms with E-state index >= 15 is 0 Å². The number of aliphatic hydroxyl groups is 2. The van der Waals surface area contributed by atoms with Crippen molar-refractivity contribution in [3.8, 4) is 5.88 Å². The molecule has 122 valence electrons. The van der Waals surface area contributed by atoms with E-state index in [1.165, 1.54) is 6.33 Å². The predicted octanol–water partition coefficient (Wildman–Crippen LogP) is 2.02. The number of hydrogen-bond donors (Lipinski definition) is 2. The Labute approximate surface area is 139 Å². The molecule has 1 aromatic carbocycles. The van der Waals surface area contributed by atoms with Gasteiger partial charge in [0, 0.05) is 18.0 Å². The molecule has 2 heterocycles. The van der Waals surface area contributed by atoms with E-state index in [4.69, 9.17) is 4.74 Å². The number of ether oxygens (including phenoxy) is 1. The van der Waals surface area contributed by atoms with Gasteiger partial charge in [0.15, 0.2) is 0 Å². The quantitative estimate of drug-likeness (QED) is 0.721. The topological polar surface area (TPSA) is 88.4 Å². The Kier molecular flexibility index (Phi) is 5.10. The van der Waals surface area contributed by atoms with Crippen LogP contribution in [-0.2, 0) is 13.2 Å². The van der Waals surface area contributed by atoms with Crippen LogP contribution in [0, 0.1) is 0 Å². The summed E-state index contributed by atoms with van der Waals surface area (Å²) < 4.78 is 5.70. The Balaban J connectivity index is 1.86. The Morgan fingerprint density at radius 2 is 1.88 bits per heavy atom. The van der Waals surface area contributed by atoms with Gasteiger partial charge in [0.05, 0.1) is 17.9 Å². The first-order chi connectivity index (χ1) is 11.8. The number of rotatable bonds is 6. The van der Waals surface area contributed by atoms with Crippen LogP contribution < -0.4 is 4.74 Å². The smallest absolute Gasteiger partial charge is 0.222 e. The standard InChI is InChI=1S/C18H17N3O3/c22-10-15-16(17(23)14-7-4-8-19-9-14)20-12-21-18(15)24-11-13-5-2-1-3-6-13/h1-9,12,17,22-23H,10-11H2. The summed E-state index contributed by atoms with van der Waals surface area (Å²) in [5.74, 6) is 0.259. The van der Waals surface area contributed by atoms with Crippen LogP contribution >= 0.6 is 0 Å². The van der Waals surface area contributed by atoms with Crippen LogP contribution in [0.1, 0.15) is 28.5 Å². The fraction of sp³-hybridized carbons (Fsp3) is 0.167. The van der Waals surface area contributed by atoms with E-state index < -0.39 is 6.10 Å². The molecule has 3 aromatic rings. The summed E-state index contributed by atoms with van der Waals surface area (Å²) in [4.78, 5) is 12.2. The highest BCUT2D eigenvalue weighted by Gasteiger charge is 2.20. The van der Waals surface area contributed by atoms with Gasteiger partial charge in [-0.05, 0) is 11.6 Å². The van der Waals surface area contributed by atoms with Crippen molar-refractivity contribution >= 4 is 0 Å². The summed E-state index contributed by atoms with van der Waals surface area (Å²) >= 11 is 0. The fourth-order valence-corrected chi connectivity index (χ4v) is 2.34. The number of nitrogens with zero attached hydrogens (tertiary/aromatic N) is 3. The van der Waals surface area contributed by atoms with Crippen molar-refractivity contribution in [3.05, 3.63) is 83.6 Å². The summed E-state index contributed by atoms with van der Waals surface area (Å²) in [6.45, 7) is -0.0229. The highest BCUT2D eigenvalue weighted by atomic mass is 16.5. The first-order valence-electron chi connectivity index (χ1n) is 7.49. The van der Waals surface area contributed by atoms with E-state index in [0.717, 1.165) is 5.56 Å². The van der Waals surface area contributed by atoms with Crippen molar-refractivity contribution in [1.82, 2.24) is 15.0 Å². The molecule has 0 aliphatic rings. The van der Waals surface area contributed by atoms with Crippen LogP contribution in [0.2, 0.25) is 0 Å². The summed E-state index contributed by atoms with van der Waals surface area (Å²) in [5.41, 5.74) is 2.24. The van der Waals surface area contributed by atoms with E-state index in [2.05, 4.69) is 15.0 Å². The number of benzene rings is 1. The zero-order valence-electron chi connectivity index (χ0n) is 12.9. The predicted molar refractivity (Wildman–Crippen MR) is 87.0 cm³/mol. The fourth-order valence-electron chi connectivity index (χ4n) is 2.34. The van der Waals surface area contributed by atoms with E-state index in [1.54, 1.807) is 24.5 Å². The maximum absolute atomic E-state index is 10.5. The minimum absolute atomic E-state index is 0.259. The molecule has 0 aliphatic carbocycles. The lowest BCUT2D eigenvalue weighted by Crippen LogP contribution is -2.11. The average molecular weight is 323 g/mol. The van der Waals surface area contributed by atoms with Crippen molar-refractivity contribution in [3.63, 3.8) is 0 Å². The molecule has 6 heteroatoms. The number of pyridine rings is 1. The highest BCUT2D eigenvalue weighted by Crippen LogP contribution is 2.27. The van der Waals surface area contributed by atoms with Gasteiger partial charge in [0.2, 0.25) is 5.88 Å². The molecule has 0 saturated carbocycles. The summed E-state index contributed by atoms with van der Waals surface area (Å²) in [5, 5.41) is 20.2. The average Bonchev–Trinajstić information content (AvgIpc) is 2.67. The third-order valence-corrected chi connectivity index (χ3v) is 3.57. The summed E-state index contributed by atoms with van der Waals surface area (Å²) in [6.07, 6.45) is 3.48. The SMILES string of the molecule is OCc1c(OCc2ccccc2)ncnc1C(O)c1cccnc1. The molecule has 0 radical (unpaired) electrons. The normalized spacial score (nSPS) is 11.9. The third-order valence-electron chi connectivity index (χ3n) is 3.57. The Morgan fingerprint density at radius 1 is 1.04 bits per heavy atom. The van der Waals surface area contributed by atoms with Crippen LogP contribution in [0.4, 0.5) is 0 Å². The third kappa shape index (κ3) is 3.56. The lowest BCUT2D eigenvalue weighted by atomic mass is 10.0. The van der Waals surface area contributed by atoms with E-state index in [9.17, 15) is 10.2 Å². The minimum atomic E-state index is -1.01. The largest absolute Gasteiger partial charge is 0.472 e. The molecule has 6 nitrogen and oxygen atoms in total. The van der Waals surface area contributed by atoms with Crippen LogP contribution in [0.25, 0.3) is 0 Å². The van der Waals surface area contributed by atoms with E-state index in [0.29, 0.717) is 23.4 Å². The van der Waals surface area contributed by atoms with Gasteiger partial charge in [-0.2, -0.15) is 0 Å². The number of aliphatic hydroxyl groups excluding tert-OH is 2. The molecular weight excluding hydrogens is 306 g/mol. The molecule has 0 bridgehead atoms. The van der Waals surface area contributed by atoms with Gasteiger partial charge in [-0.3, -0.25) is 4.98 Å². The monoisotopic (exact) mass is 323 g/mol. The summed E-state index contributed by atoms with van der Waals surface area (Å²) in [6, 6.07) is 13.1. The van der Waals surface area contributed by atoms with Crippen LogP contribution in [0.3, 0.4) is 0 Å². The van der Waals surface area contributed by atoms with Gasteiger partial charge in [-0.1, -0.05) is 36.4 Å². The van der Waals surface area contributed by atoms with Crippen molar-refractivity contribution in [2.24, 2.45) is 0 Å². The van der Waals surface area contributed by atoms with Crippen molar-refractivity contribution in [2.45, 2.75) is 19.3 Å². The molecule has 0 saturated heterocycles. The minimum Gasteiger partial charge on any atom is -0.472 e. The zero-order chi connectivity index (χ0) is 16.8. The number of aromatic nitrogens is 3. The van der Waals surface area contributed by atoms with Crippen LogP contribution in [0.5, 0.6) is 5.88 Å². The van der Waals surface area contributed by atoms with Crippen molar-refractivity contribution in [1.29, 1.82) is 0 Å². The molecule has 0 spiro atoms. The highest BCUT2D eigenvalue weighted by molar-refractivity contribution is 5.35. The van der Waals surface area contributed by atoms with Crippen molar-refractivity contribution < 1.29 is 14.9 Å². The molecule has 2 aromatic heterocycles. The van der Waals surface area contributed by atoms with Crippen LogP contribution in [0.15, 0.2) is 61.2 Å². The molecule has 24 heavy (non-hydrogen) atoms. The molecule has 3 rings (SSSR count).